The van der Waals surface area contributed by atoms with Gasteiger partial charge in [-0.2, -0.15) is 0 Å². The smallest absolute Gasteiger partial charge is 0.175 e. The van der Waals surface area contributed by atoms with Crippen LogP contribution in [0.15, 0.2) is 83.3 Å². The Kier molecular flexibility index (Phi) is 5.84. The van der Waals surface area contributed by atoms with Gasteiger partial charge in [0.25, 0.3) is 0 Å². The summed E-state index contributed by atoms with van der Waals surface area (Å²) in [6, 6.07) is 16.3. The Labute approximate surface area is 182 Å². The molecule has 0 bridgehead atoms. The van der Waals surface area contributed by atoms with Crippen molar-refractivity contribution in [2.45, 2.75) is 11.0 Å². The largest absolute Gasteiger partial charge is 0.480 e. The van der Waals surface area contributed by atoms with Crippen LogP contribution in [0.5, 0.6) is 5.75 Å². The van der Waals surface area contributed by atoms with E-state index in [-0.39, 0.29) is 16.3 Å². The Balaban J connectivity index is 1.69. The third-order valence-corrected chi connectivity index (χ3v) is 6.62. The van der Waals surface area contributed by atoms with Gasteiger partial charge in [0.2, 0.25) is 0 Å². The fourth-order valence-corrected chi connectivity index (χ4v) is 4.40. The molecule has 0 N–H and O–H groups in total. The van der Waals surface area contributed by atoms with Crippen molar-refractivity contribution in [1.29, 1.82) is 0 Å². The molecule has 0 aliphatic carbocycles. The lowest BCUT2D eigenvalue weighted by Crippen LogP contribution is -2.08. The first-order valence-corrected chi connectivity index (χ1v) is 12.0. The van der Waals surface area contributed by atoms with E-state index in [1.807, 2.05) is 0 Å². The number of hydrogen-bond donors (Lipinski definition) is 0. The molecule has 4 nitrogen and oxygen atoms in total. The van der Waals surface area contributed by atoms with Gasteiger partial charge in [0.1, 0.15) is 17.4 Å². The van der Waals surface area contributed by atoms with E-state index in [0.717, 1.165) is 16.7 Å². The molecule has 158 valence electrons. The Bertz CT molecular complexity index is 1290. The minimum absolute atomic E-state index is 0.158. The lowest BCUT2D eigenvalue weighted by atomic mass is 10.0. The maximum atomic E-state index is 14.5. The molecule has 1 heterocycles. The summed E-state index contributed by atoms with van der Waals surface area (Å²) >= 11 is 1.40. The Morgan fingerprint density at radius 3 is 2.29 bits per heavy atom. The molecular formula is C23H17F2NO3S2. The molecule has 0 amide bonds. The molecule has 0 fully saturated rings. The first-order chi connectivity index (χ1) is 14.8. The predicted octanol–water partition coefficient (Wildman–Crippen LogP) is 5.66. The van der Waals surface area contributed by atoms with E-state index in [0.29, 0.717) is 11.3 Å². The van der Waals surface area contributed by atoms with Crippen LogP contribution in [0, 0.1) is 11.6 Å². The standard InChI is InChI=1S/C23H17F2NO3S2/c1-31(27,28)19-9-4-15(5-10-19)20-12-18(8-11-21(20)25)29-23(22-13-26-14-30-22)16-2-6-17(24)7-3-16/h2-14,23H,1H3. The van der Waals surface area contributed by atoms with Gasteiger partial charge < -0.3 is 4.74 Å². The average Bonchev–Trinajstić information content (AvgIpc) is 3.28. The lowest BCUT2D eigenvalue weighted by molar-refractivity contribution is 0.250. The number of hydrogen-bond acceptors (Lipinski definition) is 5. The molecule has 0 spiro atoms. The fraction of sp³-hybridized carbons (Fsp3) is 0.0870. The topological polar surface area (TPSA) is 56.3 Å². The minimum Gasteiger partial charge on any atom is -0.480 e. The number of halogens is 2. The van der Waals surface area contributed by atoms with Crippen molar-refractivity contribution in [1.82, 2.24) is 4.98 Å². The van der Waals surface area contributed by atoms with Crippen molar-refractivity contribution < 1.29 is 21.9 Å². The van der Waals surface area contributed by atoms with Crippen LogP contribution in [-0.2, 0) is 9.84 Å². The summed E-state index contributed by atoms with van der Waals surface area (Å²) in [5, 5.41) is 0. The summed E-state index contributed by atoms with van der Waals surface area (Å²) in [5.41, 5.74) is 3.20. The van der Waals surface area contributed by atoms with Crippen LogP contribution in [0.1, 0.15) is 16.5 Å². The maximum Gasteiger partial charge on any atom is 0.175 e. The molecule has 1 aromatic heterocycles. The third kappa shape index (κ3) is 4.81. The SMILES string of the molecule is CS(=O)(=O)c1ccc(-c2cc(OC(c3ccc(F)cc3)c3cncs3)ccc2F)cc1. The number of rotatable bonds is 6. The van der Waals surface area contributed by atoms with Crippen molar-refractivity contribution in [3.8, 4) is 16.9 Å². The highest BCUT2D eigenvalue weighted by atomic mass is 32.2. The molecular weight excluding hydrogens is 440 g/mol. The summed E-state index contributed by atoms with van der Waals surface area (Å²) in [6.45, 7) is 0. The van der Waals surface area contributed by atoms with Crippen LogP contribution in [-0.4, -0.2) is 19.7 Å². The Morgan fingerprint density at radius 2 is 1.68 bits per heavy atom. The predicted molar refractivity (Wildman–Crippen MR) is 116 cm³/mol. The van der Waals surface area contributed by atoms with Gasteiger partial charge in [-0.05, 0) is 53.6 Å². The first-order valence-electron chi connectivity index (χ1n) is 9.22. The van der Waals surface area contributed by atoms with Crippen LogP contribution in [0.4, 0.5) is 8.78 Å². The van der Waals surface area contributed by atoms with Gasteiger partial charge in [-0.25, -0.2) is 17.2 Å². The van der Waals surface area contributed by atoms with E-state index in [4.69, 9.17) is 4.74 Å². The number of aromatic nitrogens is 1. The van der Waals surface area contributed by atoms with Crippen LogP contribution >= 0.6 is 11.3 Å². The lowest BCUT2D eigenvalue weighted by Gasteiger charge is -2.19. The molecule has 0 aliphatic heterocycles. The van der Waals surface area contributed by atoms with Crippen molar-refractivity contribution in [2.75, 3.05) is 6.26 Å². The molecule has 0 saturated heterocycles. The first kappa shape index (κ1) is 21.1. The molecule has 0 aliphatic rings. The summed E-state index contributed by atoms with van der Waals surface area (Å²) in [6.07, 6.45) is 2.25. The molecule has 4 rings (SSSR count). The number of benzene rings is 3. The highest BCUT2D eigenvalue weighted by molar-refractivity contribution is 7.90. The molecule has 31 heavy (non-hydrogen) atoms. The highest BCUT2D eigenvalue weighted by Crippen LogP contribution is 2.34. The van der Waals surface area contributed by atoms with E-state index in [2.05, 4.69) is 4.98 Å². The quantitative estimate of drug-likeness (QED) is 0.375. The molecule has 0 saturated carbocycles. The summed E-state index contributed by atoms with van der Waals surface area (Å²) < 4.78 is 57.4. The fourth-order valence-electron chi connectivity index (χ4n) is 3.10. The van der Waals surface area contributed by atoms with Gasteiger partial charge in [-0.15, -0.1) is 11.3 Å². The number of ether oxygens (including phenoxy) is 1. The van der Waals surface area contributed by atoms with Crippen LogP contribution in [0.2, 0.25) is 0 Å². The molecule has 0 radical (unpaired) electrons. The van der Waals surface area contributed by atoms with Gasteiger partial charge in [-0.1, -0.05) is 24.3 Å². The van der Waals surface area contributed by atoms with Crippen molar-refractivity contribution in [2.24, 2.45) is 0 Å². The Hall–Kier alpha value is -3.10. The third-order valence-electron chi connectivity index (χ3n) is 4.67. The van der Waals surface area contributed by atoms with Gasteiger partial charge in [-0.3, -0.25) is 4.98 Å². The van der Waals surface area contributed by atoms with Gasteiger partial charge in [0.15, 0.2) is 15.9 Å². The van der Waals surface area contributed by atoms with E-state index >= 15 is 0 Å². The molecule has 1 unspecified atom stereocenters. The molecule has 8 heteroatoms. The van der Waals surface area contributed by atoms with Crippen molar-refractivity contribution in [3.05, 3.63) is 101 Å². The number of sulfone groups is 1. The summed E-state index contributed by atoms with van der Waals surface area (Å²) in [5.74, 6) is -0.407. The monoisotopic (exact) mass is 457 g/mol. The average molecular weight is 458 g/mol. The zero-order chi connectivity index (χ0) is 22.0. The molecule has 3 aromatic carbocycles. The summed E-state index contributed by atoms with van der Waals surface area (Å²) in [7, 11) is -3.34. The van der Waals surface area contributed by atoms with E-state index in [1.165, 1.54) is 47.7 Å². The maximum absolute atomic E-state index is 14.5. The van der Waals surface area contributed by atoms with E-state index in [1.54, 1.807) is 42.0 Å². The highest BCUT2D eigenvalue weighted by Gasteiger charge is 2.19. The van der Waals surface area contributed by atoms with Crippen LogP contribution in [0.3, 0.4) is 0 Å². The second-order valence-corrected chi connectivity index (χ2v) is 9.83. The zero-order valence-corrected chi connectivity index (χ0v) is 18.0. The second-order valence-electron chi connectivity index (χ2n) is 6.89. The van der Waals surface area contributed by atoms with E-state index < -0.39 is 21.8 Å². The summed E-state index contributed by atoms with van der Waals surface area (Å²) in [4.78, 5) is 5.06. The minimum atomic E-state index is -3.34. The molecule has 1 atom stereocenters. The van der Waals surface area contributed by atoms with Gasteiger partial charge in [0, 0.05) is 18.0 Å². The number of nitrogens with zero attached hydrogens (tertiary/aromatic N) is 1. The zero-order valence-electron chi connectivity index (χ0n) is 16.3. The van der Waals surface area contributed by atoms with Gasteiger partial charge in [0.05, 0.1) is 15.3 Å². The van der Waals surface area contributed by atoms with E-state index in [9.17, 15) is 17.2 Å². The second kappa shape index (κ2) is 8.56. The Morgan fingerprint density at radius 1 is 0.968 bits per heavy atom. The van der Waals surface area contributed by atoms with Crippen LogP contribution in [0.25, 0.3) is 11.1 Å². The van der Waals surface area contributed by atoms with Crippen LogP contribution < -0.4 is 4.74 Å². The molecule has 4 aromatic rings. The van der Waals surface area contributed by atoms with Crippen molar-refractivity contribution in [3.63, 3.8) is 0 Å². The van der Waals surface area contributed by atoms with Gasteiger partial charge >= 0.3 is 0 Å². The normalized spacial score (nSPS) is 12.5. The number of thiazole rings is 1. The van der Waals surface area contributed by atoms with Crippen molar-refractivity contribution >= 4 is 21.2 Å².